The van der Waals surface area contributed by atoms with Crippen molar-refractivity contribution in [3.05, 3.63) is 70.0 Å². The zero-order chi connectivity index (χ0) is 23.4. The SMILES string of the molecule is CCN(C)c1cc(-c2cccc(C)c2)nn(-c2cc(N3CCOCC3)ccc2/C=N/O)c1=O. The summed E-state index contributed by atoms with van der Waals surface area (Å²) in [4.78, 5) is 17.7. The largest absolute Gasteiger partial charge is 0.411 e. The molecule has 4 rings (SSSR count). The molecule has 1 fully saturated rings. The molecule has 0 atom stereocenters. The summed E-state index contributed by atoms with van der Waals surface area (Å²) >= 11 is 0. The third-order valence-corrected chi connectivity index (χ3v) is 5.91. The first-order valence-corrected chi connectivity index (χ1v) is 11.1. The van der Waals surface area contributed by atoms with Gasteiger partial charge in [0.1, 0.15) is 5.69 Å². The fraction of sp³-hybridized carbons (Fsp3) is 0.320. The van der Waals surface area contributed by atoms with Gasteiger partial charge in [0.25, 0.3) is 5.56 Å². The second-order valence-corrected chi connectivity index (χ2v) is 8.10. The number of hydrogen-bond acceptors (Lipinski definition) is 7. The highest BCUT2D eigenvalue weighted by Crippen LogP contribution is 2.25. The van der Waals surface area contributed by atoms with Gasteiger partial charge in [0.05, 0.1) is 30.8 Å². The Morgan fingerprint density at radius 3 is 2.67 bits per heavy atom. The number of morpholine rings is 1. The van der Waals surface area contributed by atoms with Crippen molar-refractivity contribution in [1.29, 1.82) is 0 Å². The van der Waals surface area contributed by atoms with Gasteiger partial charge in [-0.25, -0.2) is 0 Å². The van der Waals surface area contributed by atoms with Gasteiger partial charge in [0, 0.05) is 43.5 Å². The molecule has 172 valence electrons. The van der Waals surface area contributed by atoms with Gasteiger partial charge in [-0.1, -0.05) is 28.9 Å². The maximum Gasteiger partial charge on any atom is 0.295 e. The van der Waals surface area contributed by atoms with Gasteiger partial charge in [0.15, 0.2) is 0 Å². The molecule has 3 aromatic rings. The third-order valence-electron chi connectivity index (χ3n) is 5.91. The van der Waals surface area contributed by atoms with Gasteiger partial charge in [-0.15, -0.1) is 0 Å². The van der Waals surface area contributed by atoms with Gasteiger partial charge in [-0.3, -0.25) is 4.79 Å². The molecule has 0 radical (unpaired) electrons. The molecule has 1 aliphatic heterocycles. The Morgan fingerprint density at radius 2 is 1.97 bits per heavy atom. The fourth-order valence-electron chi connectivity index (χ4n) is 3.94. The number of oxime groups is 1. The molecule has 1 N–H and O–H groups in total. The van der Waals surface area contributed by atoms with Crippen molar-refractivity contribution in [1.82, 2.24) is 9.78 Å². The Hall–Kier alpha value is -3.65. The van der Waals surface area contributed by atoms with Gasteiger partial charge >= 0.3 is 0 Å². The summed E-state index contributed by atoms with van der Waals surface area (Å²) in [5, 5.41) is 17.2. The van der Waals surface area contributed by atoms with E-state index < -0.39 is 0 Å². The number of anilines is 2. The van der Waals surface area contributed by atoms with Crippen LogP contribution in [-0.2, 0) is 4.74 Å². The molecule has 1 aliphatic rings. The normalized spacial score (nSPS) is 14.1. The number of ether oxygens (including phenoxy) is 1. The summed E-state index contributed by atoms with van der Waals surface area (Å²) in [6.45, 7) is 7.54. The Morgan fingerprint density at radius 1 is 1.18 bits per heavy atom. The highest BCUT2D eigenvalue weighted by atomic mass is 16.5. The molecule has 2 heterocycles. The molecule has 8 nitrogen and oxygen atoms in total. The molecule has 1 saturated heterocycles. The lowest BCUT2D eigenvalue weighted by molar-refractivity contribution is 0.122. The first kappa shape index (κ1) is 22.5. The smallest absolute Gasteiger partial charge is 0.295 e. The van der Waals surface area contributed by atoms with E-state index in [1.165, 1.54) is 10.9 Å². The minimum Gasteiger partial charge on any atom is -0.411 e. The first-order chi connectivity index (χ1) is 16.0. The summed E-state index contributed by atoms with van der Waals surface area (Å²) in [5.74, 6) is 0. The predicted molar refractivity (Wildman–Crippen MR) is 131 cm³/mol. The van der Waals surface area contributed by atoms with Gasteiger partial charge in [0.2, 0.25) is 0 Å². The molecular weight excluding hydrogens is 418 g/mol. The van der Waals surface area contributed by atoms with Crippen molar-refractivity contribution in [2.24, 2.45) is 5.16 Å². The predicted octanol–water partition coefficient (Wildman–Crippen LogP) is 3.31. The number of aromatic nitrogens is 2. The molecule has 1 aromatic heterocycles. The lowest BCUT2D eigenvalue weighted by Gasteiger charge is -2.29. The van der Waals surface area contributed by atoms with Crippen LogP contribution in [0.4, 0.5) is 11.4 Å². The van der Waals surface area contributed by atoms with Crippen molar-refractivity contribution < 1.29 is 9.94 Å². The Bertz CT molecular complexity index is 1210. The van der Waals surface area contributed by atoms with E-state index in [4.69, 9.17) is 9.84 Å². The van der Waals surface area contributed by atoms with Gasteiger partial charge < -0.3 is 19.7 Å². The monoisotopic (exact) mass is 447 g/mol. The minimum atomic E-state index is -0.234. The van der Waals surface area contributed by atoms with Crippen LogP contribution in [0, 0.1) is 6.92 Å². The zero-order valence-corrected chi connectivity index (χ0v) is 19.2. The second kappa shape index (κ2) is 9.87. The van der Waals surface area contributed by atoms with Crippen molar-refractivity contribution in [2.45, 2.75) is 13.8 Å². The highest BCUT2D eigenvalue weighted by Gasteiger charge is 2.18. The summed E-state index contributed by atoms with van der Waals surface area (Å²) in [6.07, 6.45) is 1.33. The van der Waals surface area contributed by atoms with Crippen LogP contribution < -0.4 is 15.4 Å². The first-order valence-electron chi connectivity index (χ1n) is 11.1. The molecule has 8 heteroatoms. The van der Waals surface area contributed by atoms with E-state index in [0.29, 0.717) is 42.4 Å². The Labute approximate surface area is 193 Å². The zero-order valence-electron chi connectivity index (χ0n) is 19.2. The second-order valence-electron chi connectivity index (χ2n) is 8.10. The third kappa shape index (κ3) is 4.75. The van der Waals surface area contributed by atoms with Crippen molar-refractivity contribution in [2.75, 3.05) is 49.7 Å². The standard InChI is InChI=1S/C25H29N5O3/c1-4-28(3)24-16-22(19-7-5-6-18(2)14-19)27-30(25(24)31)23-15-21(9-8-20(23)17-26-32)29-10-12-33-13-11-29/h5-9,14-17,32H,4,10-13H2,1-3H3/b26-17+. The Kier molecular flexibility index (Phi) is 6.74. The fourth-order valence-corrected chi connectivity index (χ4v) is 3.94. The highest BCUT2D eigenvalue weighted by molar-refractivity contribution is 5.86. The summed E-state index contributed by atoms with van der Waals surface area (Å²) < 4.78 is 6.89. The van der Waals surface area contributed by atoms with Crippen molar-refractivity contribution >= 4 is 17.6 Å². The molecule has 0 amide bonds. The van der Waals surface area contributed by atoms with Crippen LogP contribution in [0.3, 0.4) is 0 Å². The molecule has 0 aliphatic carbocycles. The number of aryl methyl sites for hydroxylation is 1. The van der Waals surface area contributed by atoms with Crippen LogP contribution in [0.2, 0.25) is 0 Å². The van der Waals surface area contributed by atoms with E-state index in [0.717, 1.165) is 29.9 Å². The van der Waals surface area contributed by atoms with E-state index in [9.17, 15) is 10.0 Å². The average molecular weight is 448 g/mol. The molecule has 2 aromatic carbocycles. The van der Waals surface area contributed by atoms with Crippen LogP contribution in [0.25, 0.3) is 16.9 Å². The molecule has 0 bridgehead atoms. The van der Waals surface area contributed by atoms with Crippen LogP contribution in [0.1, 0.15) is 18.1 Å². The van der Waals surface area contributed by atoms with Crippen molar-refractivity contribution in [3.8, 4) is 16.9 Å². The average Bonchev–Trinajstić information content (AvgIpc) is 2.85. The van der Waals surface area contributed by atoms with Crippen LogP contribution in [0.15, 0.2) is 58.5 Å². The summed E-state index contributed by atoms with van der Waals surface area (Å²) in [7, 11) is 1.89. The summed E-state index contributed by atoms with van der Waals surface area (Å²) in [6, 6.07) is 15.6. The number of rotatable bonds is 6. The van der Waals surface area contributed by atoms with E-state index in [1.807, 2.05) is 74.3 Å². The molecule has 0 saturated carbocycles. The minimum absolute atomic E-state index is 0.234. The number of benzene rings is 2. The van der Waals surface area contributed by atoms with E-state index in [1.54, 1.807) is 0 Å². The van der Waals surface area contributed by atoms with Gasteiger partial charge in [-0.2, -0.15) is 9.78 Å². The molecular formula is C25H29N5O3. The van der Waals surface area contributed by atoms with Crippen LogP contribution in [-0.4, -0.2) is 61.1 Å². The lowest BCUT2D eigenvalue weighted by Crippen LogP contribution is -2.36. The number of hydrogen-bond donors (Lipinski definition) is 1. The van der Waals surface area contributed by atoms with Crippen molar-refractivity contribution in [3.63, 3.8) is 0 Å². The maximum atomic E-state index is 13.6. The van der Waals surface area contributed by atoms with E-state index >= 15 is 0 Å². The lowest BCUT2D eigenvalue weighted by atomic mass is 10.1. The van der Waals surface area contributed by atoms with E-state index in [2.05, 4.69) is 10.1 Å². The topological polar surface area (TPSA) is 83.2 Å². The summed E-state index contributed by atoms with van der Waals surface area (Å²) in [5.41, 5.74) is 5.16. The molecule has 0 spiro atoms. The number of nitrogens with zero attached hydrogens (tertiary/aromatic N) is 5. The molecule has 33 heavy (non-hydrogen) atoms. The maximum absolute atomic E-state index is 13.6. The van der Waals surface area contributed by atoms with Gasteiger partial charge in [-0.05, 0) is 44.2 Å². The Balaban J connectivity index is 1.94. The quantitative estimate of drug-likeness (QED) is 0.355. The van der Waals surface area contributed by atoms with Crippen LogP contribution in [0.5, 0.6) is 0 Å². The molecule has 0 unspecified atom stereocenters. The van der Waals surface area contributed by atoms with E-state index in [-0.39, 0.29) is 5.56 Å². The van der Waals surface area contributed by atoms with Crippen LogP contribution >= 0.6 is 0 Å².